The number of rotatable bonds is 2. The zero-order valence-corrected chi connectivity index (χ0v) is 13.2. The SMILES string of the molecule is Cc1ccc2c(Cl)cc(Cl)c(OC(=O)c3cccs3)c2n1. The van der Waals surface area contributed by atoms with E-state index < -0.39 is 5.97 Å². The smallest absolute Gasteiger partial charge is 0.353 e. The van der Waals surface area contributed by atoms with E-state index in [-0.39, 0.29) is 10.8 Å². The van der Waals surface area contributed by atoms with Gasteiger partial charge in [0.25, 0.3) is 0 Å². The molecule has 2 aromatic heterocycles. The number of aryl methyl sites for hydroxylation is 1. The van der Waals surface area contributed by atoms with Crippen molar-refractivity contribution in [2.75, 3.05) is 0 Å². The fraction of sp³-hybridized carbons (Fsp3) is 0.0667. The summed E-state index contributed by atoms with van der Waals surface area (Å²) >= 11 is 13.6. The third-order valence-corrected chi connectivity index (χ3v) is 4.34. The van der Waals surface area contributed by atoms with E-state index in [0.717, 1.165) is 5.69 Å². The van der Waals surface area contributed by atoms with Crippen molar-refractivity contribution in [2.45, 2.75) is 6.92 Å². The van der Waals surface area contributed by atoms with Crippen molar-refractivity contribution in [2.24, 2.45) is 0 Å². The number of nitrogens with zero attached hydrogens (tertiary/aromatic N) is 1. The minimum atomic E-state index is -0.459. The fourth-order valence-corrected chi connectivity index (χ4v) is 3.08. The molecule has 0 atom stereocenters. The molecule has 2 heterocycles. The van der Waals surface area contributed by atoms with Crippen molar-refractivity contribution in [3.8, 4) is 5.75 Å². The molecule has 0 aliphatic carbocycles. The average molecular weight is 338 g/mol. The third kappa shape index (κ3) is 2.75. The summed E-state index contributed by atoms with van der Waals surface area (Å²) in [4.78, 5) is 17.0. The van der Waals surface area contributed by atoms with Crippen LogP contribution in [-0.2, 0) is 0 Å². The van der Waals surface area contributed by atoms with Gasteiger partial charge in [-0.05, 0) is 36.6 Å². The minimum Gasteiger partial charge on any atom is -0.418 e. The Morgan fingerprint density at radius 1 is 1.24 bits per heavy atom. The molecule has 0 saturated carbocycles. The summed E-state index contributed by atoms with van der Waals surface area (Å²) in [6.45, 7) is 1.85. The molecule has 0 amide bonds. The first-order valence-electron chi connectivity index (χ1n) is 6.07. The van der Waals surface area contributed by atoms with Gasteiger partial charge in [-0.2, -0.15) is 0 Å². The summed E-state index contributed by atoms with van der Waals surface area (Å²) in [6, 6.07) is 8.70. The number of pyridine rings is 1. The Morgan fingerprint density at radius 3 is 2.76 bits per heavy atom. The van der Waals surface area contributed by atoms with Crippen LogP contribution in [0.15, 0.2) is 35.7 Å². The average Bonchev–Trinajstić information content (AvgIpc) is 2.97. The quantitative estimate of drug-likeness (QED) is 0.480. The van der Waals surface area contributed by atoms with Crippen LogP contribution < -0.4 is 4.74 Å². The molecular weight excluding hydrogens is 329 g/mol. The largest absolute Gasteiger partial charge is 0.418 e. The van der Waals surface area contributed by atoms with Gasteiger partial charge in [-0.15, -0.1) is 11.3 Å². The van der Waals surface area contributed by atoms with Gasteiger partial charge >= 0.3 is 5.97 Å². The number of thiophene rings is 1. The predicted molar refractivity (Wildman–Crippen MR) is 85.8 cm³/mol. The van der Waals surface area contributed by atoms with Crippen LogP contribution in [0.2, 0.25) is 10.0 Å². The highest BCUT2D eigenvalue weighted by molar-refractivity contribution is 7.12. The van der Waals surface area contributed by atoms with Crippen LogP contribution in [0, 0.1) is 6.92 Å². The lowest BCUT2D eigenvalue weighted by Gasteiger charge is -2.10. The summed E-state index contributed by atoms with van der Waals surface area (Å²) in [5.74, 6) is -0.225. The molecule has 1 aromatic carbocycles. The Labute approximate surface area is 135 Å². The maximum absolute atomic E-state index is 12.1. The molecule has 0 saturated heterocycles. The summed E-state index contributed by atoms with van der Waals surface area (Å²) in [7, 11) is 0. The second kappa shape index (κ2) is 5.64. The van der Waals surface area contributed by atoms with E-state index >= 15 is 0 Å². The number of ether oxygens (including phenoxy) is 1. The van der Waals surface area contributed by atoms with Crippen LogP contribution in [0.5, 0.6) is 5.75 Å². The number of fused-ring (bicyclic) bond motifs is 1. The standard InChI is InChI=1S/C15H9Cl2NO2S/c1-8-4-5-9-10(16)7-11(17)14(13(9)18-8)20-15(19)12-3-2-6-21-12/h2-7H,1H3. The summed E-state index contributed by atoms with van der Waals surface area (Å²) < 4.78 is 5.43. The van der Waals surface area contributed by atoms with E-state index in [1.807, 2.05) is 19.1 Å². The fourth-order valence-electron chi connectivity index (χ4n) is 1.92. The van der Waals surface area contributed by atoms with Crippen molar-refractivity contribution in [1.29, 1.82) is 0 Å². The molecule has 21 heavy (non-hydrogen) atoms. The van der Waals surface area contributed by atoms with Crippen molar-refractivity contribution in [1.82, 2.24) is 4.98 Å². The predicted octanol–water partition coefficient (Wildman–Crippen LogP) is 5.13. The van der Waals surface area contributed by atoms with Crippen LogP contribution in [0.4, 0.5) is 0 Å². The van der Waals surface area contributed by atoms with Crippen molar-refractivity contribution >= 4 is 51.4 Å². The van der Waals surface area contributed by atoms with Gasteiger partial charge in [0.1, 0.15) is 10.4 Å². The molecule has 6 heteroatoms. The zero-order valence-electron chi connectivity index (χ0n) is 10.9. The molecule has 0 aliphatic rings. The Hall–Kier alpha value is -1.62. The maximum atomic E-state index is 12.1. The van der Waals surface area contributed by atoms with Crippen LogP contribution in [0.25, 0.3) is 10.9 Å². The van der Waals surface area contributed by atoms with E-state index in [1.165, 1.54) is 11.3 Å². The Kier molecular flexibility index (Phi) is 3.85. The molecule has 0 fully saturated rings. The number of benzene rings is 1. The number of aromatic nitrogens is 1. The van der Waals surface area contributed by atoms with Gasteiger partial charge in [-0.1, -0.05) is 29.3 Å². The van der Waals surface area contributed by atoms with Gasteiger partial charge in [-0.25, -0.2) is 9.78 Å². The number of hydrogen-bond donors (Lipinski definition) is 0. The van der Waals surface area contributed by atoms with E-state index in [4.69, 9.17) is 27.9 Å². The molecule has 0 aliphatic heterocycles. The molecule has 0 N–H and O–H groups in total. The lowest BCUT2D eigenvalue weighted by atomic mass is 10.2. The van der Waals surface area contributed by atoms with Crippen molar-refractivity contribution in [3.63, 3.8) is 0 Å². The van der Waals surface area contributed by atoms with Crippen LogP contribution in [0.3, 0.4) is 0 Å². The van der Waals surface area contributed by atoms with E-state index in [0.29, 0.717) is 20.8 Å². The molecular formula is C15H9Cl2NO2S. The molecule has 3 rings (SSSR count). The number of hydrogen-bond acceptors (Lipinski definition) is 4. The van der Waals surface area contributed by atoms with Gasteiger partial charge < -0.3 is 4.74 Å². The first-order chi connectivity index (χ1) is 10.1. The van der Waals surface area contributed by atoms with Crippen LogP contribution >= 0.6 is 34.5 Å². The van der Waals surface area contributed by atoms with Gasteiger partial charge in [0.05, 0.1) is 10.0 Å². The lowest BCUT2D eigenvalue weighted by molar-refractivity contribution is 0.0742. The Morgan fingerprint density at radius 2 is 2.05 bits per heavy atom. The zero-order chi connectivity index (χ0) is 15.0. The number of esters is 1. The van der Waals surface area contributed by atoms with Gasteiger partial charge in [0, 0.05) is 11.1 Å². The van der Waals surface area contributed by atoms with E-state index in [2.05, 4.69) is 4.98 Å². The molecule has 0 bridgehead atoms. The molecule has 3 aromatic rings. The number of carbonyl (C=O) groups is 1. The van der Waals surface area contributed by atoms with Gasteiger partial charge in [-0.3, -0.25) is 0 Å². The first-order valence-corrected chi connectivity index (χ1v) is 7.71. The van der Waals surface area contributed by atoms with Crippen molar-refractivity contribution in [3.05, 3.63) is 56.3 Å². The Balaban J connectivity index is 2.13. The van der Waals surface area contributed by atoms with Gasteiger partial charge in [0.2, 0.25) is 0 Å². The number of carbonyl (C=O) groups excluding carboxylic acids is 1. The van der Waals surface area contributed by atoms with Crippen molar-refractivity contribution < 1.29 is 9.53 Å². The summed E-state index contributed by atoms with van der Waals surface area (Å²) in [6.07, 6.45) is 0. The molecule has 0 radical (unpaired) electrons. The first kappa shape index (κ1) is 14.3. The summed E-state index contributed by atoms with van der Waals surface area (Å²) in [5.41, 5.74) is 1.27. The maximum Gasteiger partial charge on any atom is 0.353 e. The normalized spacial score (nSPS) is 10.8. The lowest BCUT2D eigenvalue weighted by Crippen LogP contribution is -2.07. The second-order valence-electron chi connectivity index (χ2n) is 4.38. The van der Waals surface area contributed by atoms with E-state index in [9.17, 15) is 4.79 Å². The molecule has 0 spiro atoms. The Bertz CT molecular complexity index is 831. The molecule has 0 unspecified atom stereocenters. The second-order valence-corrected chi connectivity index (χ2v) is 6.15. The minimum absolute atomic E-state index is 0.234. The monoisotopic (exact) mass is 337 g/mol. The topological polar surface area (TPSA) is 39.2 Å². The van der Waals surface area contributed by atoms with Crippen LogP contribution in [-0.4, -0.2) is 11.0 Å². The summed E-state index contributed by atoms with van der Waals surface area (Å²) in [5, 5.41) is 3.23. The molecule has 3 nitrogen and oxygen atoms in total. The number of halogens is 2. The third-order valence-electron chi connectivity index (χ3n) is 2.89. The van der Waals surface area contributed by atoms with Gasteiger partial charge in [0.15, 0.2) is 5.75 Å². The molecule has 106 valence electrons. The van der Waals surface area contributed by atoms with E-state index in [1.54, 1.807) is 23.6 Å². The highest BCUT2D eigenvalue weighted by Crippen LogP contribution is 2.37. The van der Waals surface area contributed by atoms with Crippen LogP contribution in [0.1, 0.15) is 15.4 Å². The highest BCUT2D eigenvalue weighted by atomic mass is 35.5. The highest BCUT2D eigenvalue weighted by Gasteiger charge is 2.18.